The lowest BCUT2D eigenvalue weighted by molar-refractivity contribution is -0.142. The molecule has 3 atom stereocenters. The molecule has 21 heavy (non-hydrogen) atoms. The number of benzene rings is 1. The van der Waals surface area contributed by atoms with E-state index in [0.717, 1.165) is 45.1 Å². The van der Waals surface area contributed by atoms with E-state index in [2.05, 4.69) is 29.2 Å². The van der Waals surface area contributed by atoms with E-state index in [1.54, 1.807) is 0 Å². The molecular weight excluding hydrogens is 262 g/mol. The first-order valence-electron chi connectivity index (χ1n) is 8.28. The van der Waals surface area contributed by atoms with Gasteiger partial charge in [-0.05, 0) is 50.5 Å². The van der Waals surface area contributed by atoms with Crippen molar-refractivity contribution >= 4 is 5.91 Å². The third-order valence-electron chi connectivity index (χ3n) is 5.02. The van der Waals surface area contributed by atoms with Crippen molar-refractivity contribution in [3.8, 4) is 0 Å². The van der Waals surface area contributed by atoms with Crippen molar-refractivity contribution in [3.63, 3.8) is 0 Å². The SMILES string of the molecule is O=C(C1CCCC1O)N1CCCCC1Cc1ccccc1. The van der Waals surface area contributed by atoms with E-state index in [-0.39, 0.29) is 11.8 Å². The predicted molar refractivity (Wildman–Crippen MR) is 82.8 cm³/mol. The van der Waals surface area contributed by atoms with Crippen LogP contribution in [0.15, 0.2) is 30.3 Å². The summed E-state index contributed by atoms with van der Waals surface area (Å²) < 4.78 is 0. The van der Waals surface area contributed by atoms with Crippen LogP contribution in [0, 0.1) is 5.92 Å². The van der Waals surface area contributed by atoms with Gasteiger partial charge >= 0.3 is 0 Å². The minimum atomic E-state index is -0.420. The Labute approximate surface area is 127 Å². The van der Waals surface area contributed by atoms with Crippen molar-refractivity contribution < 1.29 is 9.90 Å². The topological polar surface area (TPSA) is 40.5 Å². The van der Waals surface area contributed by atoms with Gasteiger partial charge in [0, 0.05) is 12.6 Å². The van der Waals surface area contributed by atoms with Crippen molar-refractivity contribution in [3.05, 3.63) is 35.9 Å². The summed E-state index contributed by atoms with van der Waals surface area (Å²) in [5, 5.41) is 10.0. The molecule has 114 valence electrons. The maximum absolute atomic E-state index is 12.8. The summed E-state index contributed by atoms with van der Waals surface area (Å²) in [6, 6.07) is 10.7. The van der Waals surface area contributed by atoms with Gasteiger partial charge < -0.3 is 10.0 Å². The average molecular weight is 287 g/mol. The fraction of sp³-hybridized carbons (Fsp3) is 0.611. The molecule has 0 aromatic heterocycles. The Morgan fingerprint density at radius 1 is 1.10 bits per heavy atom. The van der Waals surface area contributed by atoms with Gasteiger partial charge in [-0.25, -0.2) is 0 Å². The number of aliphatic hydroxyl groups excluding tert-OH is 1. The number of amides is 1. The monoisotopic (exact) mass is 287 g/mol. The van der Waals surface area contributed by atoms with Crippen LogP contribution in [0.5, 0.6) is 0 Å². The molecule has 1 aromatic carbocycles. The normalized spacial score (nSPS) is 29.6. The second-order valence-corrected chi connectivity index (χ2v) is 6.48. The molecule has 1 aromatic rings. The summed E-state index contributed by atoms with van der Waals surface area (Å²) in [6.45, 7) is 0.861. The summed E-state index contributed by atoms with van der Waals surface area (Å²) in [4.78, 5) is 14.8. The largest absolute Gasteiger partial charge is 0.392 e. The van der Waals surface area contributed by atoms with E-state index in [9.17, 15) is 9.90 Å². The Hall–Kier alpha value is -1.35. The predicted octanol–water partition coefficient (Wildman–Crippen LogP) is 2.77. The van der Waals surface area contributed by atoms with Crippen LogP contribution in [0.3, 0.4) is 0 Å². The summed E-state index contributed by atoms with van der Waals surface area (Å²) >= 11 is 0. The van der Waals surface area contributed by atoms with Crippen LogP contribution in [-0.4, -0.2) is 34.6 Å². The van der Waals surface area contributed by atoms with Crippen molar-refractivity contribution in [1.29, 1.82) is 0 Å². The average Bonchev–Trinajstić information content (AvgIpc) is 2.94. The quantitative estimate of drug-likeness (QED) is 0.928. The number of rotatable bonds is 3. The third-order valence-corrected chi connectivity index (χ3v) is 5.02. The van der Waals surface area contributed by atoms with E-state index in [1.807, 2.05) is 6.07 Å². The Kier molecular flexibility index (Phi) is 4.59. The first-order valence-corrected chi connectivity index (χ1v) is 8.28. The first kappa shape index (κ1) is 14.6. The zero-order valence-corrected chi connectivity index (χ0v) is 12.6. The maximum Gasteiger partial charge on any atom is 0.228 e. The molecule has 2 aliphatic rings. The van der Waals surface area contributed by atoms with E-state index < -0.39 is 6.10 Å². The van der Waals surface area contributed by atoms with Crippen LogP contribution in [0.4, 0.5) is 0 Å². The smallest absolute Gasteiger partial charge is 0.228 e. The van der Waals surface area contributed by atoms with Gasteiger partial charge in [-0.2, -0.15) is 0 Å². The molecule has 3 rings (SSSR count). The second kappa shape index (κ2) is 6.61. The molecule has 1 N–H and O–H groups in total. The molecule has 3 unspecified atom stereocenters. The number of piperidine rings is 1. The molecule has 1 aliphatic carbocycles. The summed E-state index contributed by atoms with van der Waals surface area (Å²) in [5.41, 5.74) is 1.30. The highest BCUT2D eigenvalue weighted by Crippen LogP contribution is 2.30. The molecule has 3 nitrogen and oxygen atoms in total. The molecule has 3 heteroatoms. The standard InChI is InChI=1S/C18H25NO2/c20-17-11-6-10-16(17)18(21)19-12-5-4-9-15(19)13-14-7-2-1-3-8-14/h1-3,7-8,15-17,20H,4-6,9-13H2. The van der Waals surface area contributed by atoms with Gasteiger partial charge in [0.05, 0.1) is 12.0 Å². The van der Waals surface area contributed by atoms with Gasteiger partial charge in [-0.3, -0.25) is 4.79 Å². The van der Waals surface area contributed by atoms with Crippen LogP contribution in [0.25, 0.3) is 0 Å². The lowest BCUT2D eigenvalue weighted by atomic mass is 9.93. The molecule has 0 radical (unpaired) electrons. The molecule has 0 bridgehead atoms. The van der Waals surface area contributed by atoms with Crippen LogP contribution in [0.1, 0.15) is 44.1 Å². The number of nitrogens with zero attached hydrogens (tertiary/aromatic N) is 1. The molecular formula is C18H25NO2. The van der Waals surface area contributed by atoms with E-state index in [1.165, 1.54) is 12.0 Å². The molecule has 2 fully saturated rings. The summed E-state index contributed by atoms with van der Waals surface area (Å²) in [7, 11) is 0. The minimum absolute atomic E-state index is 0.152. The minimum Gasteiger partial charge on any atom is -0.392 e. The molecule has 1 aliphatic heterocycles. The van der Waals surface area contributed by atoms with Crippen LogP contribution < -0.4 is 0 Å². The fourth-order valence-electron chi connectivity index (χ4n) is 3.83. The van der Waals surface area contributed by atoms with Gasteiger partial charge in [0.25, 0.3) is 0 Å². The Bertz CT molecular complexity index is 473. The number of hydrogen-bond donors (Lipinski definition) is 1. The fourth-order valence-corrected chi connectivity index (χ4v) is 3.83. The van der Waals surface area contributed by atoms with Crippen molar-refractivity contribution in [1.82, 2.24) is 4.90 Å². The zero-order valence-electron chi connectivity index (χ0n) is 12.6. The summed E-state index contributed by atoms with van der Waals surface area (Å²) in [5.74, 6) is 0.0435. The van der Waals surface area contributed by atoms with E-state index >= 15 is 0 Å². The highest BCUT2D eigenvalue weighted by Gasteiger charge is 2.37. The Morgan fingerprint density at radius 3 is 2.62 bits per heavy atom. The molecule has 0 spiro atoms. The van der Waals surface area contributed by atoms with E-state index in [0.29, 0.717) is 6.04 Å². The Balaban J connectivity index is 1.70. The number of hydrogen-bond acceptors (Lipinski definition) is 2. The number of likely N-dealkylation sites (tertiary alicyclic amines) is 1. The van der Waals surface area contributed by atoms with Crippen LogP contribution in [0.2, 0.25) is 0 Å². The van der Waals surface area contributed by atoms with Crippen molar-refractivity contribution in [2.75, 3.05) is 6.54 Å². The van der Waals surface area contributed by atoms with Gasteiger partial charge in [-0.1, -0.05) is 30.3 Å². The van der Waals surface area contributed by atoms with Crippen molar-refractivity contribution in [2.45, 2.75) is 57.1 Å². The number of aliphatic hydroxyl groups is 1. The van der Waals surface area contributed by atoms with Gasteiger partial charge in [0.15, 0.2) is 0 Å². The third kappa shape index (κ3) is 3.29. The van der Waals surface area contributed by atoms with E-state index in [4.69, 9.17) is 0 Å². The van der Waals surface area contributed by atoms with Crippen molar-refractivity contribution in [2.24, 2.45) is 5.92 Å². The van der Waals surface area contributed by atoms with Gasteiger partial charge in [0.2, 0.25) is 5.91 Å². The lowest BCUT2D eigenvalue weighted by Crippen LogP contribution is -2.48. The molecule has 1 saturated carbocycles. The van der Waals surface area contributed by atoms with Crippen LogP contribution >= 0.6 is 0 Å². The molecule has 1 amide bonds. The zero-order chi connectivity index (χ0) is 14.7. The highest BCUT2D eigenvalue weighted by molar-refractivity contribution is 5.80. The number of carbonyl (C=O) groups excluding carboxylic acids is 1. The molecule has 1 saturated heterocycles. The Morgan fingerprint density at radius 2 is 1.90 bits per heavy atom. The van der Waals surface area contributed by atoms with Gasteiger partial charge in [-0.15, -0.1) is 0 Å². The van der Waals surface area contributed by atoms with Crippen LogP contribution in [-0.2, 0) is 11.2 Å². The molecule has 1 heterocycles. The summed E-state index contributed by atoms with van der Waals surface area (Å²) in [6.07, 6.45) is 6.53. The number of carbonyl (C=O) groups is 1. The first-order chi connectivity index (χ1) is 10.3. The van der Waals surface area contributed by atoms with Gasteiger partial charge in [0.1, 0.15) is 0 Å². The maximum atomic E-state index is 12.8. The second-order valence-electron chi connectivity index (χ2n) is 6.48. The lowest BCUT2D eigenvalue weighted by Gasteiger charge is -2.38. The highest BCUT2D eigenvalue weighted by atomic mass is 16.3.